The van der Waals surface area contributed by atoms with Crippen LogP contribution in [-0.4, -0.2) is 39.4 Å². The molecule has 4 nitrogen and oxygen atoms in total. The van der Waals surface area contributed by atoms with Crippen molar-refractivity contribution in [3.63, 3.8) is 0 Å². The molecule has 1 amide bonds. The normalized spacial score (nSPS) is 13.9. The summed E-state index contributed by atoms with van der Waals surface area (Å²) in [6, 6.07) is -0.150. The Morgan fingerprint density at radius 2 is 1.92 bits per heavy atom. The molecule has 13 heavy (non-hydrogen) atoms. The molecule has 0 spiro atoms. The average Bonchev–Trinajstić information content (AvgIpc) is 1.82. The third kappa shape index (κ3) is 3.63. The van der Waals surface area contributed by atoms with Gasteiger partial charge in [-0.1, -0.05) is 0 Å². The molecule has 0 aromatic carbocycles. The van der Waals surface area contributed by atoms with Gasteiger partial charge in [0.25, 0.3) is 0 Å². The Kier molecular flexibility index (Phi) is 4.20. The highest BCUT2D eigenvalue weighted by atomic mass is 16.4. The van der Waals surface area contributed by atoms with Gasteiger partial charge in [0.05, 0.1) is 0 Å². The van der Waals surface area contributed by atoms with E-state index in [4.69, 9.17) is 10.2 Å². The second kappa shape index (κ2) is 4.46. The summed E-state index contributed by atoms with van der Waals surface area (Å²) in [7, 11) is 0. The van der Waals surface area contributed by atoms with Gasteiger partial charge < -0.3 is 15.1 Å². The summed E-state index contributed by atoms with van der Waals surface area (Å²) < 4.78 is 0. The predicted molar refractivity (Wildman–Crippen MR) is 50.8 cm³/mol. The van der Waals surface area contributed by atoms with Crippen LogP contribution in [0.1, 0.15) is 34.1 Å². The number of amides is 1. The summed E-state index contributed by atoms with van der Waals surface area (Å²) in [5, 5.41) is 17.7. The fourth-order valence-corrected chi connectivity index (χ4v) is 1.45. The molecule has 0 heterocycles. The summed E-state index contributed by atoms with van der Waals surface area (Å²) in [6.45, 7) is 7.34. The lowest BCUT2D eigenvalue weighted by molar-refractivity contribution is 0.0668. The SMILES string of the molecule is CC(CCO)N(C(=O)O)C(C)(C)C. The zero-order chi connectivity index (χ0) is 10.6. The molecule has 0 aromatic heterocycles. The second-order valence-electron chi connectivity index (χ2n) is 4.18. The van der Waals surface area contributed by atoms with E-state index in [1.807, 2.05) is 20.8 Å². The summed E-state index contributed by atoms with van der Waals surface area (Å²) in [5.41, 5.74) is -0.416. The number of aliphatic hydroxyl groups is 1. The number of carboxylic acid groups (broad SMARTS) is 1. The van der Waals surface area contributed by atoms with Crippen LogP contribution in [-0.2, 0) is 0 Å². The first-order chi connectivity index (χ1) is 5.80. The van der Waals surface area contributed by atoms with Crippen LogP contribution in [0, 0.1) is 0 Å². The smallest absolute Gasteiger partial charge is 0.407 e. The average molecular weight is 189 g/mol. The third-order valence-electron chi connectivity index (χ3n) is 1.92. The van der Waals surface area contributed by atoms with Crippen molar-refractivity contribution in [3.05, 3.63) is 0 Å². The van der Waals surface area contributed by atoms with E-state index in [0.29, 0.717) is 6.42 Å². The van der Waals surface area contributed by atoms with E-state index in [0.717, 1.165) is 0 Å². The molecule has 0 radical (unpaired) electrons. The fraction of sp³-hybridized carbons (Fsp3) is 0.889. The minimum absolute atomic E-state index is 0.0149. The van der Waals surface area contributed by atoms with Gasteiger partial charge in [0.1, 0.15) is 0 Å². The second-order valence-corrected chi connectivity index (χ2v) is 4.18. The molecule has 78 valence electrons. The topological polar surface area (TPSA) is 60.8 Å². The van der Waals surface area contributed by atoms with Crippen LogP contribution in [0.5, 0.6) is 0 Å². The van der Waals surface area contributed by atoms with Gasteiger partial charge in [-0.3, -0.25) is 0 Å². The number of hydrogen-bond acceptors (Lipinski definition) is 2. The molecule has 2 N–H and O–H groups in total. The van der Waals surface area contributed by atoms with Crippen LogP contribution in [0.4, 0.5) is 4.79 Å². The molecule has 1 atom stereocenters. The Morgan fingerprint density at radius 3 is 2.15 bits per heavy atom. The van der Waals surface area contributed by atoms with E-state index in [-0.39, 0.29) is 12.6 Å². The Morgan fingerprint density at radius 1 is 1.46 bits per heavy atom. The molecule has 0 aliphatic carbocycles. The van der Waals surface area contributed by atoms with Crippen LogP contribution < -0.4 is 0 Å². The first-order valence-electron chi connectivity index (χ1n) is 4.43. The van der Waals surface area contributed by atoms with E-state index in [1.54, 1.807) is 6.92 Å². The van der Waals surface area contributed by atoms with Gasteiger partial charge in [-0.25, -0.2) is 4.79 Å². The Labute approximate surface area is 79.2 Å². The lowest BCUT2D eigenvalue weighted by Gasteiger charge is -2.37. The molecule has 0 bridgehead atoms. The summed E-state index contributed by atoms with van der Waals surface area (Å²) in [5.74, 6) is 0. The number of aliphatic hydroxyl groups excluding tert-OH is 1. The van der Waals surface area contributed by atoms with E-state index in [9.17, 15) is 4.79 Å². The molecule has 0 saturated heterocycles. The minimum Gasteiger partial charge on any atom is -0.465 e. The first kappa shape index (κ1) is 12.2. The molecule has 0 aliphatic rings. The van der Waals surface area contributed by atoms with Crippen molar-refractivity contribution in [1.29, 1.82) is 0 Å². The van der Waals surface area contributed by atoms with Crippen molar-refractivity contribution in [2.75, 3.05) is 6.61 Å². The largest absolute Gasteiger partial charge is 0.465 e. The summed E-state index contributed by atoms with van der Waals surface area (Å²) >= 11 is 0. The van der Waals surface area contributed by atoms with Crippen LogP contribution in [0.3, 0.4) is 0 Å². The molecule has 0 aromatic rings. The fourth-order valence-electron chi connectivity index (χ4n) is 1.45. The highest BCUT2D eigenvalue weighted by Crippen LogP contribution is 2.18. The Bertz CT molecular complexity index is 174. The van der Waals surface area contributed by atoms with E-state index in [2.05, 4.69) is 0 Å². The van der Waals surface area contributed by atoms with Crippen molar-refractivity contribution in [2.24, 2.45) is 0 Å². The van der Waals surface area contributed by atoms with Crippen molar-refractivity contribution in [1.82, 2.24) is 4.90 Å². The zero-order valence-corrected chi connectivity index (χ0v) is 8.74. The molecule has 4 heteroatoms. The molecule has 0 saturated carbocycles. The number of rotatable bonds is 3. The maximum absolute atomic E-state index is 10.9. The maximum Gasteiger partial charge on any atom is 0.407 e. The lowest BCUT2D eigenvalue weighted by Crippen LogP contribution is -2.50. The summed E-state index contributed by atoms with van der Waals surface area (Å²) in [4.78, 5) is 12.3. The van der Waals surface area contributed by atoms with Gasteiger partial charge in [0, 0.05) is 18.2 Å². The summed E-state index contributed by atoms with van der Waals surface area (Å²) in [6.07, 6.45) is -0.461. The highest BCUT2D eigenvalue weighted by Gasteiger charge is 2.30. The van der Waals surface area contributed by atoms with Crippen molar-refractivity contribution in [2.45, 2.75) is 45.7 Å². The van der Waals surface area contributed by atoms with Gasteiger partial charge in [-0.05, 0) is 34.1 Å². The van der Waals surface area contributed by atoms with E-state index >= 15 is 0 Å². The van der Waals surface area contributed by atoms with Crippen molar-refractivity contribution >= 4 is 6.09 Å². The van der Waals surface area contributed by atoms with E-state index in [1.165, 1.54) is 4.90 Å². The quantitative estimate of drug-likeness (QED) is 0.707. The molecular formula is C9H19NO3. The van der Waals surface area contributed by atoms with E-state index < -0.39 is 11.6 Å². The van der Waals surface area contributed by atoms with Crippen LogP contribution in [0.2, 0.25) is 0 Å². The standard InChI is InChI=1S/C9H19NO3/c1-7(5-6-11)10(8(12)13)9(2,3)4/h7,11H,5-6H2,1-4H3,(H,12,13). The van der Waals surface area contributed by atoms with Crippen molar-refractivity contribution < 1.29 is 15.0 Å². The maximum atomic E-state index is 10.9. The highest BCUT2D eigenvalue weighted by molar-refractivity contribution is 5.66. The minimum atomic E-state index is -0.937. The van der Waals surface area contributed by atoms with Crippen LogP contribution >= 0.6 is 0 Å². The Balaban J connectivity index is 4.52. The zero-order valence-electron chi connectivity index (χ0n) is 8.74. The predicted octanol–water partition coefficient (Wildman–Crippen LogP) is 1.54. The first-order valence-corrected chi connectivity index (χ1v) is 4.43. The molecule has 0 rings (SSSR count). The third-order valence-corrected chi connectivity index (χ3v) is 1.92. The molecule has 1 unspecified atom stereocenters. The van der Waals surface area contributed by atoms with Gasteiger partial charge >= 0.3 is 6.09 Å². The van der Waals surface area contributed by atoms with Crippen molar-refractivity contribution in [3.8, 4) is 0 Å². The van der Waals surface area contributed by atoms with Crippen LogP contribution in [0.25, 0.3) is 0 Å². The van der Waals surface area contributed by atoms with Crippen LogP contribution in [0.15, 0.2) is 0 Å². The Hall–Kier alpha value is -0.770. The monoisotopic (exact) mass is 189 g/mol. The van der Waals surface area contributed by atoms with Gasteiger partial charge in [0.15, 0.2) is 0 Å². The molecule has 0 aliphatic heterocycles. The van der Waals surface area contributed by atoms with Gasteiger partial charge in [-0.15, -0.1) is 0 Å². The lowest BCUT2D eigenvalue weighted by atomic mass is 10.0. The number of hydrogen-bond donors (Lipinski definition) is 2. The van der Waals surface area contributed by atoms with Gasteiger partial charge in [0.2, 0.25) is 0 Å². The number of nitrogens with zero attached hydrogens (tertiary/aromatic N) is 1. The number of carbonyl (C=O) groups is 1. The molecular weight excluding hydrogens is 170 g/mol. The van der Waals surface area contributed by atoms with Gasteiger partial charge in [-0.2, -0.15) is 0 Å². The molecule has 0 fully saturated rings.